The zero-order chi connectivity index (χ0) is 15.8. The molecule has 1 unspecified atom stereocenters. The number of aromatic nitrogens is 2. The second-order valence-corrected chi connectivity index (χ2v) is 6.61. The van der Waals surface area contributed by atoms with E-state index < -0.39 is 0 Å². The maximum atomic E-state index is 12.6. The minimum Gasteiger partial charge on any atom is -0.287 e. The molecule has 5 heteroatoms. The van der Waals surface area contributed by atoms with Gasteiger partial charge in [0, 0.05) is 17.5 Å². The Morgan fingerprint density at radius 1 is 1.30 bits per heavy atom. The summed E-state index contributed by atoms with van der Waals surface area (Å²) in [7, 11) is 0. The number of benzene rings is 1. The lowest BCUT2D eigenvalue weighted by Gasteiger charge is -2.21. The van der Waals surface area contributed by atoms with Crippen molar-refractivity contribution in [2.45, 2.75) is 6.92 Å². The number of hydrogen-bond donors (Lipinski definition) is 0. The van der Waals surface area contributed by atoms with Crippen LogP contribution < -0.4 is 0 Å². The largest absolute Gasteiger partial charge is 0.287 e. The predicted molar refractivity (Wildman–Crippen MR) is 94.2 cm³/mol. The number of thioether (sulfide) groups is 1. The van der Waals surface area contributed by atoms with Crippen LogP contribution in [0.5, 0.6) is 0 Å². The van der Waals surface area contributed by atoms with E-state index in [1.54, 1.807) is 18.0 Å². The van der Waals surface area contributed by atoms with E-state index in [2.05, 4.69) is 29.1 Å². The Bertz CT molecular complexity index is 862. The molecule has 2 aliphatic rings. The minimum atomic E-state index is -0.0736. The van der Waals surface area contributed by atoms with Crippen molar-refractivity contribution in [2.75, 3.05) is 5.75 Å². The lowest BCUT2D eigenvalue weighted by atomic mass is 10.1. The van der Waals surface area contributed by atoms with Crippen LogP contribution in [0.25, 0.3) is 5.70 Å². The summed E-state index contributed by atoms with van der Waals surface area (Å²) in [5.41, 5.74) is 2.19. The van der Waals surface area contributed by atoms with Gasteiger partial charge < -0.3 is 0 Å². The van der Waals surface area contributed by atoms with Crippen molar-refractivity contribution in [1.82, 2.24) is 9.55 Å². The van der Waals surface area contributed by atoms with Gasteiger partial charge in [-0.1, -0.05) is 49.4 Å². The monoisotopic (exact) mass is 321 g/mol. The molecule has 2 heterocycles. The molecule has 4 nitrogen and oxygen atoms in total. The summed E-state index contributed by atoms with van der Waals surface area (Å²) in [5, 5.41) is 1.05. The van der Waals surface area contributed by atoms with E-state index in [0.29, 0.717) is 17.2 Å². The molecule has 1 aliphatic heterocycles. The lowest BCUT2D eigenvalue weighted by Crippen LogP contribution is -2.17. The maximum absolute atomic E-state index is 12.6. The predicted octanol–water partition coefficient (Wildman–Crippen LogP) is 3.94. The van der Waals surface area contributed by atoms with Gasteiger partial charge >= 0.3 is 0 Å². The zero-order valence-corrected chi connectivity index (χ0v) is 13.5. The normalized spacial score (nSPS) is 18.2. The van der Waals surface area contributed by atoms with E-state index >= 15 is 0 Å². The zero-order valence-electron chi connectivity index (χ0n) is 12.6. The number of allylic oxidation sites excluding steroid dienone is 4. The van der Waals surface area contributed by atoms with E-state index in [1.165, 1.54) is 0 Å². The van der Waals surface area contributed by atoms with Crippen LogP contribution in [0.1, 0.15) is 23.0 Å². The summed E-state index contributed by atoms with van der Waals surface area (Å²) < 4.78 is 1.93. The number of carbonyl (C=O) groups is 1. The third-order valence-corrected chi connectivity index (χ3v) is 4.82. The van der Waals surface area contributed by atoms with E-state index in [0.717, 1.165) is 16.5 Å². The highest BCUT2D eigenvalue weighted by Gasteiger charge is 2.30. The number of nitrogens with zero attached hydrogens (tertiary/aromatic N) is 3. The average molecular weight is 321 g/mol. The first-order valence-corrected chi connectivity index (χ1v) is 8.55. The van der Waals surface area contributed by atoms with Gasteiger partial charge in [-0.2, -0.15) is 0 Å². The number of imidazole rings is 1. The number of ketones is 1. The number of rotatable bonds is 3. The van der Waals surface area contributed by atoms with Crippen LogP contribution in [-0.4, -0.2) is 26.1 Å². The van der Waals surface area contributed by atoms with Gasteiger partial charge in [-0.05, 0) is 11.8 Å². The van der Waals surface area contributed by atoms with Crippen LogP contribution in [0.4, 0.5) is 5.95 Å². The minimum absolute atomic E-state index is 0.0736. The number of hydrogen-bond acceptors (Lipinski definition) is 4. The summed E-state index contributed by atoms with van der Waals surface area (Å²) in [6.45, 7) is 2.11. The van der Waals surface area contributed by atoms with Crippen molar-refractivity contribution in [2.24, 2.45) is 10.9 Å². The van der Waals surface area contributed by atoms with Crippen molar-refractivity contribution >= 4 is 34.2 Å². The Morgan fingerprint density at radius 3 is 2.91 bits per heavy atom. The molecular weight excluding hydrogens is 306 g/mol. The quantitative estimate of drug-likeness (QED) is 0.805. The van der Waals surface area contributed by atoms with Gasteiger partial charge in [-0.25, -0.2) is 9.98 Å². The van der Waals surface area contributed by atoms with E-state index in [1.807, 2.05) is 41.0 Å². The fraction of sp³-hybridized carbons (Fsp3) is 0.167. The van der Waals surface area contributed by atoms with E-state index in [9.17, 15) is 4.79 Å². The summed E-state index contributed by atoms with van der Waals surface area (Å²) in [5.74, 6) is 1.66. The SMILES string of the molecule is CCSC1=Nc2nc(C(=O)c3ccccc3)cn2C2=CC=CC21. The first-order chi connectivity index (χ1) is 11.3. The topological polar surface area (TPSA) is 47.2 Å². The van der Waals surface area contributed by atoms with Gasteiger partial charge in [0.15, 0.2) is 0 Å². The molecule has 0 bridgehead atoms. The maximum Gasteiger partial charge on any atom is 0.235 e. The van der Waals surface area contributed by atoms with E-state index in [-0.39, 0.29) is 11.7 Å². The highest BCUT2D eigenvalue weighted by molar-refractivity contribution is 8.14. The fourth-order valence-corrected chi connectivity index (χ4v) is 3.65. The first-order valence-electron chi connectivity index (χ1n) is 7.57. The Kier molecular flexibility index (Phi) is 3.50. The average Bonchev–Trinajstić information content (AvgIpc) is 3.21. The van der Waals surface area contributed by atoms with Gasteiger partial charge in [-0.3, -0.25) is 9.36 Å². The highest BCUT2D eigenvalue weighted by atomic mass is 32.2. The first kappa shape index (κ1) is 14.2. The van der Waals surface area contributed by atoms with Gasteiger partial charge in [0.05, 0.1) is 11.0 Å². The molecule has 0 radical (unpaired) electrons. The second-order valence-electron chi connectivity index (χ2n) is 5.33. The molecule has 114 valence electrons. The molecule has 1 aromatic heterocycles. The second kappa shape index (κ2) is 5.66. The summed E-state index contributed by atoms with van der Waals surface area (Å²) in [6, 6.07) is 9.23. The molecule has 0 spiro atoms. The number of fused-ring (bicyclic) bond motifs is 3. The highest BCUT2D eigenvalue weighted by Crippen LogP contribution is 2.38. The van der Waals surface area contributed by atoms with Crippen molar-refractivity contribution in [3.05, 3.63) is 66.0 Å². The fourth-order valence-electron chi connectivity index (χ4n) is 2.83. The third kappa shape index (κ3) is 2.37. The molecule has 4 rings (SSSR count). The van der Waals surface area contributed by atoms with Gasteiger partial charge in [0.25, 0.3) is 0 Å². The number of carbonyl (C=O) groups excluding carboxylic acids is 1. The molecule has 1 aliphatic carbocycles. The van der Waals surface area contributed by atoms with Crippen LogP contribution in [0.3, 0.4) is 0 Å². The van der Waals surface area contributed by atoms with Crippen molar-refractivity contribution in [3.63, 3.8) is 0 Å². The Balaban J connectivity index is 1.76. The standard InChI is InChI=1S/C18H15N3OS/c1-2-23-17-13-9-6-10-15(13)21-11-14(19-18(21)20-17)16(22)12-7-4-3-5-8-12/h3-11,13H,2H2,1H3. The smallest absolute Gasteiger partial charge is 0.235 e. The lowest BCUT2D eigenvalue weighted by molar-refractivity contribution is 0.103. The summed E-state index contributed by atoms with van der Waals surface area (Å²) >= 11 is 1.73. The molecule has 23 heavy (non-hydrogen) atoms. The van der Waals surface area contributed by atoms with Crippen LogP contribution >= 0.6 is 11.8 Å². The molecule has 0 fully saturated rings. The Labute approximate surface area is 138 Å². The van der Waals surface area contributed by atoms with Crippen molar-refractivity contribution in [3.8, 4) is 0 Å². The van der Waals surface area contributed by atoms with Gasteiger partial charge in [0.2, 0.25) is 11.7 Å². The van der Waals surface area contributed by atoms with E-state index in [4.69, 9.17) is 0 Å². The Morgan fingerprint density at radius 2 is 2.13 bits per heavy atom. The number of aliphatic imine (C=N–C) groups is 1. The molecule has 0 amide bonds. The molecule has 0 saturated heterocycles. The summed E-state index contributed by atoms with van der Waals surface area (Å²) in [6.07, 6.45) is 8.04. The van der Waals surface area contributed by atoms with Crippen molar-refractivity contribution in [1.29, 1.82) is 0 Å². The molecule has 1 aromatic carbocycles. The molecule has 2 aromatic rings. The van der Waals surface area contributed by atoms with Gasteiger partial charge in [0.1, 0.15) is 5.69 Å². The van der Waals surface area contributed by atoms with Crippen molar-refractivity contribution < 1.29 is 4.79 Å². The molecule has 0 N–H and O–H groups in total. The Hall–Kier alpha value is -2.40. The van der Waals surface area contributed by atoms with Gasteiger partial charge in [-0.15, -0.1) is 11.8 Å². The van der Waals surface area contributed by atoms with Crippen LogP contribution in [-0.2, 0) is 0 Å². The molecule has 0 saturated carbocycles. The summed E-state index contributed by atoms with van der Waals surface area (Å²) in [4.78, 5) is 21.7. The molecule has 1 atom stereocenters. The van der Waals surface area contributed by atoms with Crippen LogP contribution in [0.2, 0.25) is 0 Å². The van der Waals surface area contributed by atoms with Crippen LogP contribution in [0.15, 0.2) is 59.7 Å². The van der Waals surface area contributed by atoms with Crippen LogP contribution in [0, 0.1) is 5.92 Å². The molecular formula is C18H15N3OS. The third-order valence-electron chi connectivity index (χ3n) is 3.89.